The van der Waals surface area contributed by atoms with Crippen molar-refractivity contribution in [1.82, 2.24) is 4.90 Å². The Morgan fingerprint density at radius 2 is 1.96 bits per heavy atom. The fourth-order valence-electron chi connectivity index (χ4n) is 4.31. The lowest BCUT2D eigenvalue weighted by Gasteiger charge is -2.37. The fraction of sp³-hybridized carbons (Fsp3) is 0.600. The fourth-order valence-corrected chi connectivity index (χ4v) is 4.31. The van der Waals surface area contributed by atoms with Gasteiger partial charge in [-0.2, -0.15) is 0 Å². The van der Waals surface area contributed by atoms with E-state index >= 15 is 0 Å². The van der Waals surface area contributed by atoms with E-state index in [9.17, 15) is 14.0 Å². The Bertz CT molecular complexity index is 679. The van der Waals surface area contributed by atoms with Crippen molar-refractivity contribution in [2.45, 2.75) is 51.0 Å². The van der Waals surface area contributed by atoms with Gasteiger partial charge in [-0.15, -0.1) is 12.4 Å². The summed E-state index contributed by atoms with van der Waals surface area (Å²) in [6, 6.07) is 5.73. The Hall–Kier alpha value is -1.66. The van der Waals surface area contributed by atoms with Crippen LogP contribution in [0.2, 0.25) is 0 Å². The molecule has 0 spiro atoms. The monoisotopic (exact) mass is 397 g/mol. The summed E-state index contributed by atoms with van der Waals surface area (Å²) in [6.07, 6.45) is 6.28. The quantitative estimate of drug-likeness (QED) is 0.830. The third-order valence-electron chi connectivity index (χ3n) is 6.05. The molecule has 27 heavy (non-hydrogen) atoms. The number of carbonyl (C=O) groups excluding carboxylic acids is 2. The number of nitrogens with zero attached hydrogens (tertiary/aromatic N) is 2. The summed E-state index contributed by atoms with van der Waals surface area (Å²) in [7, 11) is 1.68. The van der Waals surface area contributed by atoms with Gasteiger partial charge < -0.3 is 15.5 Å². The van der Waals surface area contributed by atoms with E-state index in [1.807, 2.05) is 0 Å². The van der Waals surface area contributed by atoms with E-state index in [-0.39, 0.29) is 35.3 Å². The normalized spacial score (nSPS) is 21.7. The summed E-state index contributed by atoms with van der Waals surface area (Å²) in [5.41, 5.74) is 6.15. The minimum Gasteiger partial charge on any atom is -0.334 e. The van der Waals surface area contributed by atoms with Crippen LogP contribution in [0.4, 0.5) is 10.1 Å². The number of hydrogen-bond donors (Lipinski definition) is 1. The highest BCUT2D eigenvalue weighted by Crippen LogP contribution is 2.39. The molecular weight excluding hydrogens is 369 g/mol. The minimum atomic E-state index is -0.527. The Labute approximate surface area is 166 Å². The van der Waals surface area contributed by atoms with Crippen LogP contribution in [0.15, 0.2) is 24.3 Å². The van der Waals surface area contributed by atoms with Crippen LogP contribution in [-0.2, 0) is 9.59 Å². The van der Waals surface area contributed by atoms with E-state index in [2.05, 4.69) is 0 Å². The largest absolute Gasteiger partial charge is 0.334 e. The Morgan fingerprint density at radius 3 is 2.59 bits per heavy atom. The number of benzene rings is 1. The van der Waals surface area contributed by atoms with Gasteiger partial charge in [0.15, 0.2) is 0 Å². The van der Waals surface area contributed by atoms with Crippen molar-refractivity contribution in [3.63, 3.8) is 0 Å². The molecule has 0 bridgehead atoms. The molecule has 1 aliphatic carbocycles. The van der Waals surface area contributed by atoms with Crippen molar-refractivity contribution in [2.24, 2.45) is 11.1 Å². The van der Waals surface area contributed by atoms with Crippen LogP contribution in [0.3, 0.4) is 0 Å². The van der Waals surface area contributed by atoms with Gasteiger partial charge in [-0.1, -0.05) is 31.4 Å². The summed E-state index contributed by atoms with van der Waals surface area (Å²) in [5, 5.41) is 0. The lowest BCUT2D eigenvalue weighted by atomic mass is 9.71. The standard InChI is InChI=1S/C20H28FN3O2.ClH/c1-23(18(25)13-20(14-22)10-5-2-6-11-20)17-9-12-24(19(17)26)16-8-4-3-7-15(16)21;/h3-4,7-8,17H,2,5-6,9-14,22H2,1H3;1H. The third-order valence-corrected chi connectivity index (χ3v) is 6.05. The first kappa shape index (κ1) is 21.6. The van der Waals surface area contributed by atoms with Crippen LogP contribution in [0.5, 0.6) is 0 Å². The van der Waals surface area contributed by atoms with Gasteiger partial charge in [-0.3, -0.25) is 9.59 Å². The molecule has 1 saturated heterocycles. The van der Waals surface area contributed by atoms with Gasteiger partial charge in [0.25, 0.3) is 0 Å². The molecule has 3 rings (SSSR count). The lowest BCUT2D eigenvalue weighted by Crippen LogP contribution is -2.46. The maximum absolute atomic E-state index is 14.0. The molecule has 2 amide bonds. The number of anilines is 1. The Kier molecular flexibility index (Phi) is 7.23. The van der Waals surface area contributed by atoms with Gasteiger partial charge in [-0.25, -0.2) is 4.39 Å². The molecule has 1 aromatic carbocycles. The van der Waals surface area contributed by atoms with E-state index in [0.717, 1.165) is 25.7 Å². The van der Waals surface area contributed by atoms with Crippen molar-refractivity contribution in [3.05, 3.63) is 30.1 Å². The number of likely N-dealkylation sites (N-methyl/N-ethyl adjacent to an activating group) is 1. The first-order chi connectivity index (χ1) is 12.5. The third kappa shape index (κ3) is 4.43. The van der Waals surface area contributed by atoms with Gasteiger partial charge in [0.05, 0.1) is 5.69 Å². The second-order valence-electron chi connectivity index (χ2n) is 7.69. The molecule has 1 aliphatic heterocycles. The van der Waals surface area contributed by atoms with E-state index in [0.29, 0.717) is 25.9 Å². The molecule has 2 aliphatic rings. The summed E-state index contributed by atoms with van der Waals surface area (Å²) in [6.45, 7) is 0.927. The average Bonchev–Trinajstić information content (AvgIpc) is 3.03. The highest BCUT2D eigenvalue weighted by atomic mass is 35.5. The van der Waals surface area contributed by atoms with Crippen LogP contribution >= 0.6 is 12.4 Å². The Balaban J connectivity index is 0.00000261. The number of nitrogens with two attached hydrogens (primary N) is 1. The van der Waals surface area contributed by atoms with Crippen LogP contribution in [0.25, 0.3) is 0 Å². The number of rotatable bonds is 5. The molecule has 0 aromatic heterocycles. The minimum absolute atomic E-state index is 0. The van der Waals surface area contributed by atoms with Crippen LogP contribution in [-0.4, -0.2) is 42.9 Å². The predicted octanol–water partition coefficient (Wildman–Crippen LogP) is 3.11. The second kappa shape index (κ2) is 9.02. The number of hydrogen-bond acceptors (Lipinski definition) is 3. The molecule has 150 valence electrons. The predicted molar refractivity (Wildman–Crippen MR) is 106 cm³/mol. The van der Waals surface area contributed by atoms with Gasteiger partial charge in [0.1, 0.15) is 11.9 Å². The molecule has 5 nitrogen and oxygen atoms in total. The molecule has 0 radical (unpaired) electrons. The van der Waals surface area contributed by atoms with Gasteiger partial charge in [0.2, 0.25) is 11.8 Å². The molecule has 1 aromatic rings. The van der Waals surface area contributed by atoms with E-state index in [1.165, 1.54) is 17.4 Å². The first-order valence-electron chi connectivity index (χ1n) is 9.49. The van der Waals surface area contributed by atoms with Crippen molar-refractivity contribution < 1.29 is 14.0 Å². The van der Waals surface area contributed by atoms with Gasteiger partial charge in [0, 0.05) is 20.0 Å². The molecule has 1 heterocycles. The van der Waals surface area contributed by atoms with Crippen molar-refractivity contribution in [1.29, 1.82) is 0 Å². The van der Waals surface area contributed by atoms with Crippen LogP contribution in [0.1, 0.15) is 44.9 Å². The maximum atomic E-state index is 14.0. The first-order valence-corrected chi connectivity index (χ1v) is 9.49. The molecule has 7 heteroatoms. The number of carbonyl (C=O) groups is 2. The SMILES string of the molecule is CN(C(=O)CC1(CN)CCCCC1)C1CCN(c2ccccc2F)C1=O.Cl. The van der Waals surface area contributed by atoms with Crippen molar-refractivity contribution in [2.75, 3.05) is 25.0 Å². The van der Waals surface area contributed by atoms with Gasteiger partial charge >= 0.3 is 0 Å². The molecule has 2 fully saturated rings. The van der Waals surface area contributed by atoms with Crippen molar-refractivity contribution in [3.8, 4) is 0 Å². The summed E-state index contributed by atoms with van der Waals surface area (Å²) < 4.78 is 14.0. The molecule has 1 unspecified atom stereocenters. The summed E-state index contributed by atoms with van der Waals surface area (Å²) in [5.74, 6) is -0.665. The Morgan fingerprint density at radius 1 is 1.30 bits per heavy atom. The van der Waals surface area contributed by atoms with Gasteiger partial charge in [-0.05, 0) is 43.4 Å². The zero-order chi connectivity index (χ0) is 18.7. The smallest absolute Gasteiger partial charge is 0.249 e. The molecular formula is C20H29ClFN3O2. The van der Waals surface area contributed by atoms with Crippen molar-refractivity contribution >= 4 is 29.9 Å². The topological polar surface area (TPSA) is 66.6 Å². The van der Waals surface area contributed by atoms with Crippen LogP contribution in [0, 0.1) is 11.2 Å². The number of para-hydroxylation sites is 1. The summed E-state index contributed by atoms with van der Waals surface area (Å²) >= 11 is 0. The zero-order valence-electron chi connectivity index (χ0n) is 15.8. The second-order valence-corrected chi connectivity index (χ2v) is 7.69. The molecule has 2 N–H and O–H groups in total. The van der Waals surface area contributed by atoms with E-state index < -0.39 is 11.9 Å². The van der Waals surface area contributed by atoms with E-state index in [1.54, 1.807) is 30.1 Å². The molecule has 1 atom stereocenters. The van der Waals surface area contributed by atoms with E-state index in [4.69, 9.17) is 5.73 Å². The lowest BCUT2D eigenvalue weighted by molar-refractivity contribution is -0.139. The maximum Gasteiger partial charge on any atom is 0.249 e. The average molecular weight is 398 g/mol. The van der Waals surface area contributed by atoms with Crippen LogP contribution < -0.4 is 10.6 Å². The highest BCUT2D eigenvalue weighted by Gasteiger charge is 2.40. The molecule has 1 saturated carbocycles. The zero-order valence-corrected chi connectivity index (χ0v) is 16.6. The highest BCUT2D eigenvalue weighted by molar-refractivity contribution is 6.01. The summed E-state index contributed by atoms with van der Waals surface area (Å²) in [4.78, 5) is 28.6. The number of halogens is 2. The number of amides is 2.